The van der Waals surface area contributed by atoms with Crippen molar-refractivity contribution in [2.45, 2.75) is 65.6 Å². The third-order valence-electron chi connectivity index (χ3n) is 3.83. The van der Waals surface area contributed by atoms with Gasteiger partial charge in [0.25, 0.3) is 0 Å². The fourth-order valence-electron chi connectivity index (χ4n) is 2.45. The molecule has 1 fully saturated rings. The SMILES string of the molecule is CCC1NC(C)(CC)C(=O)N1CCCOCC(C)C. The number of hydrogen-bond donors (Lipinski definition) is 1. The Hall–Kier alpha value is -0.610. The van der Waals surface area contributed by atoms with E-state index in [0.717, 1.165) is 39.0 Å². The lowest BCUT2D eigenvalue weighted by molar-refractivity contribution is -0.133. The van der Waals surface area contributed by atoms with Gasteiger partial charge in [0.05, 0.1) is 11.7 Å². The van der Waals surface area contributed by atoms with Gasteiger partial charge in [-0.05, 0) is 32.1 Å². The molecule has 1 amide bonds. The van der Waals surface area contributed by atoms with E-state index in [2.05, 4.69) is 33.0 Å². The summed E-state index contributed by atoms with van der Waals surface area (Å²) in [7, 11) is 0. The van der Waals surface area contributed by atoms with Gasteiger partial charge in [-0.1, -0.05) is 27.7 Å². The van der Waals surface area contributed by atoms with Gasteiger partial charge in [0.1, 0.15) is 0 Å². The molecular formula is C15H30N2O2. The molecule has 112 valence electrons. The van der Waals surface area contributed by atoms with Crippen LogP contribution in [0.1, 0.15) is 53.9 Å². The van der Waals surface area contributed by atoms with E-state index in [1.807, 2.05) is 11.8 Å². The van der Waals surface area contributed by atoms with Crippen molar-refractivity contribution in [3.63, 3.8) is 0 Å². The van der Waals surface area contributed by atoms with Crippen molar-refractivity contribution in [1.29, 1.82) is 0 Å². The van der Waals surface area contributed by atoms with Gasteiger partial charge in [-0.25, -0.2) is 0 Å². The molecule has 2 unspecified atom stereocenters. The molecule has 19 heavy (non-hydrogen) atoms. The van der Waals surface area contributed by atoms with Crippen LogP contribution in [0.3, 0.4) is 0 Å². The predicted molar refractivity (Wildman–Crippen MR) is 77.9 cm³/mol. The topological polar surface area (TPSA) is 41.6 Å². The van der Waals surface area contributed by atoms with Crippen LogP contribution in [0.2, 0.25) is 0 Å². The van der Waals surface area contributed by atoms with Gasteiger partial charge in [-0.2, -0.15) is 0 Å². The van der Waals surface area contributed by atoms with Crippen molar-refractivity contribution >= 4 is 5.91 Å². The van der Waals surface area contributed by atoms with Gasteiger partial charge < -0.3 is 9.64 Å². The molecule has 0 bridgehead atoms. The lowest BCUT2D eigenvalue weighted by atomic mass is 9.99. The molecule has 1 rings (SSSR count). The Morgan fingerprint density at radius 3 is 2.63 bits per heavy atom. The highest BCUT2D eigenvalue weighted by molar-refractivity contribution is 5.88. The van der Waals surface area contributed by atoms with Crippen molar-refractivity contribution in [3.05, 3.63) is 0 Å². The zero-order chi connectivity index (χ0) is 14.5. The van der Waals surface area contributed by atoms with Crippen molar-refractivity contribution in [2.24, 2.45) is 5.92 Å². The molecule has 0 spiro atoms. The van der Waals surface area contributed by atoms with E-state index < -0.39 is 0 Å². The number of hydrogen-bond acceptors (Lipinski definition) is 3. The number of nitrogens with zero attached hydrogens (tertiary/aromatic N) is 1. The van der Waals surface area contributed by atoms with E-state index in [1.54, 1.807) is 0 Å². The molecule has 4 heteroatoms. The fraction of sp³-hybridized carbons (Fsp3) is 0.933. The van der Waals surface area contributed by atoms with Gasteiger partial charge in [0, 0.05) is 19.8 Å². The molecule has 0 saturated carbocycles. The summed E-state index contributed by atoms with van der Waals surface area (Å²) in [6, 6.07) is 0. The van der Waals surface area contributed by atoms with E-state index in [1.165, 1.54) is 0 Å². The maximum Gasteiger partial charge on any atom is 0.243 e. The van der Waals surface area contributed by atoms with Crippen LogP contribution < -0.4 is 5.32 Å². The number of carbonyl (C=O) groups excluding carboxylic acids is 1. The zero-order valence-corrected chi connectivity index (χ0v) is 13.2. The van der Waals surface area contributed by atoms with Crippen LogP contribution in [0.25, 0.3) is 0 Å². The first-order valence-corrected chi connectivity index (χ1v) is 7.61. The van der Waals surface area contributed by atoms with Crippen LogP contribution >= 0.6 is 0 Å². The number of rotatable bonds is 8. The molecule has 0 aromatic heterocycles. The number of nitrogens with one attached hydrogen (secondary N) is 1. The second-order valence-corrected chi connectivity index (χ2v) is 6.07. The van der Waals surface area contributed by atoms with Gasteiger partial charge >= 0.3 is 0 Å². The van der Waals surface area contributed by atoms with Gasteiger partial charge in [0.2, 0.25) is 5.91 Å². The molecule has 1 saturated heterocycles. The molecule has 1 aliphatic heterocycles. The van der Waals surface area contributed by atoms with Crippen LogP contribution in [0.15, 0.2) is 0 Å². The van der Waals surface area contributed by atoms with Crippen LogP contribution in [0, 0.1) is 5.92 Å². The predicted octanol–water partition coefficient (Wildman–Crippen LogP) is 2.39. The fourth-order valence-corrected chi connectivity index (χ4v) is 2.45. The molecular weight excluding hydrogens is 240 g/mol. The van der Waals surface area contributed by atoms with Crippen LogP contribution in [0.4, 0.5) is 0 Å². The highest BCUT2D eigenvalue weighted by atomic mass is 16.5. The summed E-state index contributed by atoms with van der Waals surface area (Å²) >= 11 is 0. The first-order valence-electron chi connectivity index (χ1n) is 7.61. The highest BCUT2D eigenvalue weighted by Gasteiger charge is 2.45. The minimum atomic E-state index is -0.376. The molecule has 0 aromatic carbocycles. The highest BCUT2D eigenvalue weighted by Crippen LogP contribution is 2.25. The molecule has 0 radical (unpaired) electrons. The molecule has 2 atom stereocenters. The second-order valence-electron chi connectivity index (χ2n) is 6.07. The standard InChI is InChI=1S/C15H30N2O2/c1-6-13-16-15(5,7-2)14(18)17(13)9-8-10-19-11-12(3)4/h12-13,16H,6-11H2,1-5H3. The Labute approximate surface area is 117 Å². The molecule has 4 nitrogen and oxygen atoms in total. The summed E-state index contributed by atoms with van der Waals surface area (Å²) in [6.45, 7) is 12.8. The van der Waals surface area contributed by atoms with E-state index in [9.17, 15) is 4.79 Å². The van der Waals surface area contributed by atoms with Gasteiger partial charge in [0.15, 0.2) is 0 Å². The summed E-state index contributed by atoms with van der Waals surface area (Å²) in [5.74, 6) is 0.813. The first kappa shape index (κ1) is 16.4. The number of amides is 1. The molecule has 1 N–H and O–H groups in total. The van der Waals surface area contributed by atoms with Crippen molar-refractivity contribution in [1.82, 2.24) is 10.2 Å². The van der Waals surface area contributed by atoms with Crippen LogP contribution in [-0.4, -0.2) is 42.3 Å². The first-order chi connectivity index (χ1) is 8.94. The molecule has 0 aliphatic carbocycles. The minimum Gasteiger partial charge on any atom is -0.381 e. The van der Waals surface area contributed by atoms with E-state index >= 15 is 0 Å². The monoisotopic (exact) mass is 270 g/mol. The Balaban J connectivity index is 2.41. The maximum atomic E-state index is 12.4. The normalized spacial score (nSPS) is 27.6. The van der Waals surface area contributed by atoms with Crippen molar-refractivity contribution < 1.29 is 9.53 Å². The lowest BCUT2D eigenvalue weighted by Crippen LogP contribution is -2.43. The third kappa shape index (κ3) is 4.18. The largest absolute Gasteiger partial charge is 0.381 e. The van der Waals surface area contributed by atoms with Gasteiger partial charge in [-0.3, -0.25) is 10.1 Å². The minimum absolute atomic E-state index is 0.183. The third-order valence-corrected chi connectivity index (χ3v) is 3.83. The van der Waals surface area contributed by atoms with E-state index in [0.29, 0.717) is 5.92 Å². The molecule has 0 aromatic rings. The smallest absolute Gasteiger partial charge is 0.243 e. The summed E-state index contributed by atoms with van der Waals surface area (Å²) in [5.41, 5.74) is -0.376. The quantitative estimate of drug-likeness (QED) is 0.689. The average molecular weight is 270 g/mol. The second kappa shape index (κ2) is 7.25. The molecule has 1 heterocycles. The zero-order valence-electron chi connectivity index (χ0n) is 13.2. The van der Waals surface area contributed by atoms with Crippen LogP contribution in [0.5, 0.6) is 0 Å². The Kier molecular flexibility index (Phi) is 6.27. The van der Waals surface area contributed by atoms with E-state index in [4.69, 9.17) is 4.74 Å². The lowest BCUT2D eigenvalue weighted by Gasteiger charge is -2.23. The number of carbonyl (C=O) groups is 1. The molecule has 1 aliphatic rings. The summed E-state index contributed by atoms with van der Waals surface area (Å²) < 4.78 is 5.58. The Morgan fingerprint density at radius 2 is 2.11 bits per heavy atom. The maximum absolute atomic E-state index is 12.4. The number of ether oxygens (including phenoxy) is 1. The van der Waals surface area contributed by atoms with E-state index in [-0.39, 0.29) is 17.6 Å². The van der Waals surface area contributed by atoms with Crippen molar-refractivity contribution in [3.8, 4) is 0 Å². The van der Waals surface area contributed by atoms with Gasteiger partial charge in [-0.15, -0.1) is 0 Å². The van der Waals surface area contributed by atoms with Crippen LogP contribution in [-0.2, 0) is 9.53 Å². The summed E-state index contributed by atoms with van der Waals surface area (Å²) in [4.78, 5) is 14.4. The Bertz CT molecular complexity index is 294. The Morgan fingerprint density at radius 1 is 1.42 bits per heavy atom. The average Bonchev–Trinajstić information content (AvgIpc) is 2.62. The van der Waals surface area contributed by atoms with Crippen molar-refractivity contribution in [2.75, 3.05) is 19.8 Å². The summed E-state index contributed by atoms with van der Waals surface area (Å²) in [5, 5.41) is 3.46. The summed E-state index contributed by atoms with van der Waals surface area (Å²) in [6.07, 6.45) is 2.88.